The molecule has 5 nitrogen and oxygen atoms in total. The van der Waals surface area contributed by atoms with E-state index in [0.29, 0.717) is 26.1 Å². The first-order valence-electron chi connectivity index (χ1n) is 7.87. The molecule has 0 radical (unpaired) electrons. The van der Waals surface area contributed by atoms with Gasteiger partial charge in [-0.15, -0.1) is 6.42 Å². The van der Waals surface area contributed by atoms with Gasteiger partial charge < -0.3 is 15.0 Å². The highest BCUT2D eigenvalue weighted by atomic mass is 16.5. The number of hydrogen-bond donors (Lipinski definition) is 1. The Kier molecular flexibility index (Phi) is 6.49. The zero-order chi connectivity index (χ0) is 16.5. The number of para-hydroxylation sites is 1. The van der Waals surface area contributed by atoms with Crippen LogP contribution in [0.5, 0.6) is 5.75 Å². The second kappa shape index (κ2) is 8.84. The number of piperidine rings is 1. The van der Waals surface area contributed by atoms with Gasteiger partial charge in [0.15, 0.2) is 0 Å². The number of hydrogen-bond acceptors (Lipinski definition) is 3. The molecule has 122 valence electrons. The zero-order valence-electron chi connectivity index (χ0n) is 13.2. The summed E-state index contributed by atoms with van der Waals surface area (Å²) < 4.78 is 5.55. The second-order valence-corrected chi connectivity index (χ2v) is 5.51. The van der Waals surface area contributed by atoms with Crippen molar-refractivity contribution in [2.24, 2.45) is 5.92 Å². The Morgan fingerprint density at radius 3 is 2.87 bits per heavy atom. The number of likely N-dealkylation sites (tertiary alicyclic amines) is 1. The van der Waals surface area contributed by atoms with Crippen molar-refractivity contribution in [1.82, 2.24) is 10.2 Å². The van der Waals surface area contributed by atoms with Gasteiger partial charge in [0.05, 0.1) is 25.5 Å². The quantitative estimate of drug-likeness (QED) is 0.809. The van der Waals surface area contributed by atoms with Crippen LogP contribution in [0.1, 0.15) is 19.3 Å². The normalized spacial score (nSPS) is 17.2. The van der Waals surface area contributed by atoms with Crippen molar-refractivity contribution < 1.29 is 14.3 Å². The van der Waals surface area contributed by atoms with Crippen LogP contribution in [0.2, 0.25) is 0 Å². The third-order valence-corrected chi connectivity index (χ3v) is 3.84. The predicted octanol–water partition coefficient (Wildman–Crippen LogP) is 1.44. The first-order chi connectivity index (χ1) is 11.2. The number of carbonyl (C=O) groups excluding carboxylic acids is 2. The first kappa shape index (κ1) is 16.9. The maximum absolute atomic E-state index is 12.3. The highest BCUT2D eigenvalue weighted by Gasteiger charge is 2.27. The first-order valence-corrected chi connectivity index (χ1v) is 7.87. The second-order valence-electron chi connectivity index (χ2n) is 5.51. The molecule has 0 saturated carbocycles. The lowest BCUT2D eigenvalue weighted by Gasteiger charge is -2.32. The van der Waals surface area contributed by atoms with Crippen LogP contribution in [0.15, 0.2) is 30.3 Å². The van der Waals surface area contributed by atoms with Crippen LogP contribution in [0.4, 0.5) is 0 Å². The summed E-state index contributed by atoms with van der Waals surface area (Å²) in [7, 11) is 0. The monoisotopic (exact) mass is 314 g/mol. The van der Waals surface area contributed by atoms with Gasteiger partial charge in [-0.2, -0.15) is 0 Å². The Hall–Kier alpha value is -2.48. The van der Waals surface area contributed by atoms with E-state index in [1.165, 1.54) is 0 Å². The smallest absolute Gasteiger partial charge is 0.226 e. The van der Waals surface area contributed by atoms with E-state index in [4.69, 9.17) is 11.2 Å². The average Bonchev–Trinajstić information content (AvgIpc) is 2.60. The van der Waals surface area contributed by atoms with Crippen LogP contribution in [0.25, 0.3) is 0 Å². The maximum atomic E-state index is 12.3. The standard InChI is InChI=1S/C18H22N2O3/c1-2-11-19-18(22)15-7-6-12-20(14-15)17(21)10-13-23-16-8-4-3-5-9-16/h1,3-5,8-9,15H,6-7,10-14H2,(H,19,22). The lowest BCUT2D eigenvalue weighted by atomic mass is 9.97. The molecule has 2 rings (SSSR count). The summed E-state index contributed by atoms with van der Waals surface area (Å²) in [6.07, 6.45) is 7.08. The zero-order valence-corrected chi connectivity index (χ0v) is 13.2. The maximum Gasteiger partial charge on any atom is 0.226 e. The van der Waals surface area contributed by atoms with Crippen LogP contribution >= 0.6 is 0 Å². The largest absolute Gasteiger partial charge is 0.493 e. The molecule has 1 N–H and O–H groups in total. The summed E-state index contributed by atoms with van der Waals surface area (Å²) in [5.41, 5.74) is 0. The molecule has 1 heterocycles. The minimum atomic E-state index is -0.170. The van der Waals surface area contributed by atoms with Gasteiger partial charge in [0.1, 0.15) is 5.75 Å². The summed E-state index contributed by atoms with van der Waals surface area (Å²) in [6, 6.07) is 9.41. The Morgan fingerprint density at radius 2 is 2.13 bits per heavy atom. The van der Waals surface area contributed by atoms with E-state index in [2.05, 4.69) is 11.2 Å². The van der Waals surface area contributed by atoms with Gasteiger partial charge in [0, 0.05) is 13.1 Å². The Balaban J connectivity index is 1.75. The van der Waals surface area contributed by atoms with Crippen LogP contribution in [0.3, 0.4) is 0 Å². The van der Waals surface area contributed by atoms with Crippen molar-refractivity contribution in [2.75, 3.05) is 26.2 Å². The minimum absolute atomic E-state index is 0.0235. The van der Waals surface area contributed by atoms with E-state index in [1.54, 1.807) is 4.90 Å². The average molecular weight is 314 g/mol. The molecular weight excluding hydrogens is 292 g/mol. The third kappa shape index (κ3) is 5.33. The molecule has 0 aromatic heterocycles. The molecule has 1 aliphatic heterocycles. The van der Waals surface area contributed by atoms with Crippen molar-refractivity contribution in [2.45, 2.75) is 19.3 Å². The van der Waals surface area contributed by atoms with Gasteiger partial charge in [-0.25, -0.2) is 0 Å². The molecule has 1 unspecified atom stereocenters. The topological polar surface area (TPSA) is 58.6 Å². The summed E-state index contributed by atoms with van der Waals surface area (Å²) in [6.45, 7) is 1.73. The molecule has 1 atom stereocenters. The van der Waals surface area contributed by atoms with Crippen LogP contribution < -0.4 is 10.1 Å². The van der Waals surface area contributed by atoms with Gasteiger partial charge in [0.25, 0.3) is 0 Å². The molecule has 0 bridgehead atoms. The van der Waals surface area contributed by atoms with E-state index in [-0.39, 0.29) is 24.3 Å². The highest BCUT2D eigenvalue weighted by molar-refractivity contribution is 5.81. The molecule has 0 aliphatic carbocycles. The lowest BCUT2D eigenvalue weighted by Crippen LogP contribution is -2.45. The predicted molar refractivity (Wildman–Crippen MR) is 87.7 cm³/mol. The van der Waals surface area contributed by atoms with Gasteiger partial charge in [-0.05, 0) is 25.0 Å². The van der Waals surface area contributed by atoms with Crippen LogP contribution in [0, 0.1) is 18.3 Å². The van der Waals surface area contributed by atoms with Gasteiger partial charge in [-0.1, -0.05) is 24.1 Å². The molecule has 23 heavy (non-hydrogen) atoms. The number of terminal acetylenes is 1. The number of ether oxygens (including phenoxy) is 1. The van der Waals surface area contributed by atoms with Crippen molar-refractivity contribution >= 4 is 11.8 Å². The number of amides is 2. The highest BCUT2D eigenvalue weighted by Crippen LogP contribution is 2.17. The molecular formula is C18H22N2O3. The summed E-state index contributed by atoms with van der Waals surface area (Å²) in [4.78, 5) is 26.0. The fraction of sp³-hybridized carbons (Fsp3) is 0.444. The SMILES string of the molecule is C#CCNC(=O)C1CCCN(C(=O)CCOc2ccccc2)C1. The van der Waals surface area contributed by atoms with Crippen molar-refractivity contribution in [3.05, 3.63) is 30.3 Å². The van der Waals surface area contributed by atoms with Crippen molar-refractivity contribution in [1.29, 1.82) is 0 Å². The molecule has 1 aromatic carbocycles. The van der Waals surface area contributed by atoms with E-state index >= 15 is 0 Å². The van der Waals surface area contributed by atoms with Crippen molar-refractivity contribution in [3.8, 4) is 18.1 Å². The van der Waals surface area contributed by atoms with Crippen LogP contribution in [-0.2, 0) is 9.59 Å². The molecule has 1 saturated heterocycles. The minimum Gasteiger partial charge on any atom is -0.493 e. The molecule has 2 amide bonds. The summed E-state index contributed by atoms with van der Waals surface area (Å²) >= 11 is 0. The summed E-state index contributed by atoms with van der Waals surface area (Å²) in [5, 5.41) is 2.69. The lowest BCUT2D eigenvalue weighted by molar-refractivity contribution is -0.136. The van der Waals surface area contributed by atoms with E-state index in [1.807, 2.05) is 30.3 Å². The molecule has 1 fully saturated rings. The Bertz CT molecular complexity index is 565. The molecule has 0 spiro atoms. The summed E-state index contributed by atoms with van der Waals surface area (Å²) in [5.74, 6) is 2.93. The number of nitrogens with zero attached hydrogens (tertiary/aromatic N) is 1. The number of benzene rings is 1. The van der Waals surface area contributed by atoms with Gasteiger partial charge in [-0.3, -0.25) is 9.59 Å². The van der Waals surface area contributed by atoms with Crippen LogP contribution in [-0.4, -0.2) is 43.0 Å². The number of carbonyl (C=O) groups is 2. The van der Waals surface area contributed by atoms with E-state index in [9.17, 15) is 9.59 Å². The van der Waals surface area contributed by atoms with E-state index in [0.717, 1.165) is 18.6 Å². The molecule has 1 aliphatic rings. The fourth-order valence-corrected chi connectivity index (χ4v) is 2.63. The fourth-order valence-electron chi connectivity index (χ4n) is 2.63. The molecule has 1 aromatic rings. The number of nitrogens with one attached hydrogen (secondary N) is 1. The van der Waals surface area contributed by atoms with Crippen molar-refractivity contribution in [3.63, 3.8) is 0 Å². The van der Waals surface area contributed by atoms with Gasteiger partial charge in [0.2, 0.25) is 11.8 Å². The van der Waals surface area contributed by atoms with Gasteiger partial charge >= 0.3 is 0 Å². The van der Waals surface area contributed by atoms with E-state index < -0.39 is 0 Å². The third-order valence-electron chi connectivity index (χ3n) is 3.84. The number of rotatable bonds is 6. The Labute approximate surface area is 137 Å². The Morgan fingerprint density at radius 1 is 1.35 bits per heavy atom. The molecule has 5 heteroatoms.